The summed E-state index contributed by atoms with van der Waals surface area (Å²) in [5.74, 6) is 5.64. The van der Waals surface area contributed by atoms with E-state index in [1.807, 2.05) is 42.5 Å². The number of nitrogens with one attached hydrogen (secondary N) is 1. The number of carbonyl (C=O) groups is 1. The first kappa shape index (κ1) is 15.0. The van der Waals surface area contributed by atoms with Crippen molar-refractivity contribution in [3.05, 3.63) is 65.7 Å². The minimum Gasteiger partial charge on any atom is -0.491 e. The average molecular weight is 286 g/mol. The van der Waals surface area contributed by atoms with Crippen molar-refractivity contribution in [2.75, 3.05) is 13.2 Å². The molecule has 0 atom stereocenters. The van der Waals surface area contributed by atoms with Gasteiger partial charge in [0.25, 0.3) is 5.91 Å². The summed E-state index contributed by atoms with van der Waals surface area (Å²) in [6.07, 6.45) is 0. The molecule has 5 nitrogen and oxygen atoms in total. The van der Waals surface area contributed by atoms with Crippen LogP contribution in [-0.2, 0) is 11.3 Å². The van der Waals surface area contributed by atoms with Crippen LogP contribution in [0, 0.1) is 0 Å². The first-order valence-corrected chi connectivity index (χ1v) is 6.65. The number of benzene rings is 2. The van der Waals surface area contributed by atoms with E-state index in [0.29, 0.717) is 25.4 Å². The van der Waals surface area contributed by atoms with Gasteiger partial charge in [0.05, 0.1) is 13.2 Å². The molecule has 1 amide bonds. The van der Waals surface area contributed by atoms with Crippen molar-refractivity contribution >= 4 is 5.91 Å². The highest BCUT2D eigenvalue weighted by Gasteiger charge is 2.08. The molecule has 110 valence electrons. The number of hydrogen-bond acceptors (Lipinski definition) is 4. The van der Waals surface area contributed by atoms with Gasteiger partial charge in [-0.25, -0.2) is 5.84 Å². The normalized spacial score (nSPS) is 10.1. The van der Waals surface area contributed by atoms with Gasteiger partial charge in [0.2, 0.25) is 0 Å². The van der Waals surface area contributed by atoms with Gasteiger partial charge in [-0.05, 0) is 23.8 Å². The zero-order chi connectivity index (χ0) is 14.9. The van der Waals surface area contributed by atoms with Crippen molar-refractivity contribution in [3.8, 4) is 5.75 Å². The summed E-state index contributed by atoms with van der Waals surface area (Å²) in [4.78, 5) is 11.6. The van der Waals surface area contributed by atoms with Crippen molar-refractivity contribution < 1.29 is 14.3 Å². The maximum Gasteiger partial charge on any atom is 0.265 e. The minimum atomic E-state index is -0.324. The van der Waals surface area contributed by atoms with E-state index in [1.165, 1.54) is 0 Å². The summed E-state index contributed by atoms with van der Waals surface area (Å²) in [7, 11) is 0. The van der Waals surface area contributed by atoms with E-state index in [9.17, 15) is 4.79 Å². The molecule has 0 radical (unpaired) electrons. The molecule has 0 heterocycles. The zero-order valence-corrected chi connectivity index (χ0v) is 11.6. The lowest BCUT2D eigenvalue weighted by Gasteiger charge is -2.10. The van der Waals surface area contributed by atoms with Gasteiger partial charge in [0, 0.05) is 5.56 Å². The number of para-hydroxylation sites is 1. The van der Waals surface area contributed by atoms with Crippen LogP contribution in [0.4, 0.5) is 0 Å². The number of amides is 1. The fourth-order valence-electron chi connectivity index (χ4n) is 1.86. The monoisotopic (exact) mass is 286 g/mol. The van der Waals surface area contributed by atoms with E-state index >= 15 is 0 Å². The summed E-state index contributed by atoms with van der Waals surface area (Å²) in [6.45, 7) is 1.23. The van der Waals surface area contributed by atoms with E-state index in [1.54, 1.807) is 12.1 Å². The Morgan fingerprint density at radius 1 is 1.00 bits per heavy atom. The number of hydrazine groups is 1. The van der Waals surface area contributed by atoms with Crippen LogP contribution in [0.1, 0.15) is 15.9 Å². The number of nitrogens with two attached hydrogens (primary N) is 1. The molecular weight excluding hydrogens is 268 g/mol. The molecule has 3 N–H and O–H groups in total. The molecule has 0 saturated heterocycles. The molecule has 5 heteroatoms. The van der Waals surface area contributed by atoms with E-state index in [4.69, 9.17) is 15.3 Å². The van der Waals surface area contributed by atoms with E-state index < -0.39 is 0 Å². The van der Waals surface area contributed by atoms with Crippen LogP contribution >= 0.6 is 0 Å². The summed E-state index contributed by atoms with van der Waals surface area (Å²) >= 11 is 0. The number of rotatable bonds is 7. The molecule has 0 aromatic heterocycles. The molecule has 0 saturated carbocycles. The van der Waals surface area contributed by atoms with Gasteiger partial charge in [-0.1, -0.05) is 36.4 Å². The highest BCUT2D eigenvalue weighted by Crippen LogP contribution is 2.10. The number of carbonyl (C=O) groups excluding carboxylic acids is 1. The lowest BCUT2D eigenvalue weighted by molar-refractivity contribution is 0.0859. The van der Waals surface area contributed by atoms with Crippen LogP contribution in [-0.4, -0.2) is 19.1 Å². The lowest BCUT2D eigenvalue weighted by Crippen LogP contribution is -2.30. The molecule has 0 aliphatic carbocycles. The van der Waals surface area contributed by atoms with Gasteiger partial charge >= 0.3 is 0 Å². The fourth-order valence-corrected chi connectivity index (χ4v) is 1.86. The Morgan fingerprint density at radius 2 is 1.71 bits per heavy atom. The van der Waals surface area contributed by atoms with E-state index in [2.05, 4.69) is 5.43 Å². The zero-order valence-electron chi connectivity index (χ0n) is 11.6. The van der Waals surface area contributed by atoms with Crippen LogP contribution < -0.4 is 16.0 Å². The summed E-state index contributed by atoms with van der Waals surface area (Å²) in [5, 5.41) is 0. The second-order valence-corrected chi connectivity index (χ2v) is 4.34. The van der Waals surface area contributed by atoms with Gasteiger partial charge < -0.3 is 9.47 Å². The third-order valence-electron chi connectivity index (χ3n) is 2.89. The Labute approximate surface area is 123 Å². The van der Waals surface area contributed by atoms with E-state index in [-0.39, 0.29) is 5.91 Å². The third-order valence-corrected chi connectivity index (χ3v) is 2.89. The van der Waals surface area contributed by atoms with Gasteiger partial charge in [0.15, 0.2) is 0 Å². The quantitative estimate of drug-likeness (QED) is 0.353. The minimum absolute atomic E-state index is 0.324. The first-order valence-electron chi connectivity index (χ1n) is 6.65. The second kappa shape index (κ2) is 8.04. The van der Waals surface area contributed by atoms with Crippen molar-refractivity contribution in [1.29, 1.82) is 0 Å². The highest BCUT2D eigenvalue weighted by atomic mass is 16.5. The molecule has 0 spiro atoms. The largest absolute Gasteiger partial charge is 0.491 e. The third kappa shape index (κ3) is 4.59. The smallest absolute Gasteiger partial charge is 0.265 e. The van der Waals surface area contributed by atoms with Crippen LogP contribution in [0.15, 0.2) is 54.6 Å². The summed E-state index contributed by atoms with van der Waals surface area (Å²) < 4.78 is 11.0. The molecule has 2 aromatic rings. The molecule has 0 bridgehead atoms. The molecule has 21 heavy (non-hydrogen) atoms. The fraction of sp³-hybridized carbons (Fsp3) is 0.188. The Hall–Kier alpha value is -2.37. The van der Waals surface area contributed by atoms with Crippen LogP contribution in [0.5, 0.6) is 5.75 Å². The molecule has 0 aliphatic heterocycles. The summed E-state index contributed by atoms with van der Waals surface area (Å²) in [5.41, 5.74) is 3.43. The molecule has 2 rings (SSSR count). The number of ether oxygens (including phenoxy) is 2. The second-order valence-electron chi connectivity index (χ2n) is 4.34. The Bertz CT molecular complexity index is 573. The molecule has 2 aromatic carbocycles. The van der Waals surface area contributed by atoms with E-state index in [0.717, 1.165) is 11.3 Å². The Balaban J connectivity index is 1.77. The van der Waals surface area contributed by atoms with Gasteiger partial charge in [-0.3, -0.25) is 10.2 Å². The van der Waals surface area contributed by atoms with Crippen LogP contribution in [0.2, 0.25) is 0 Å². The average Bonchev–Trinajstić information content (AvgIpc) is 2.55. The Kier molecular flexibility index (Phi) is 5.75. The SMILES string of the molecule is NNC(=O)c1ccccc1COCCOc1ccccc1. The Morgan fingerprint density at radius 3 is 2.48 bits per heavy atom. The van der Waals surface area contributed by atoms with Crippen LogP contribution in [0.3, 0.4) is 0 Å². The number of nitrogen functional groups attached to an aromatic ring is 1. The van der Waals surface area contributed by atoms with Crippen LogP contribution in [0.25, 0.3) is 0 Å². The van der Waals surface area contributed by atoms with Crippen molar-refractivity contribution in [2.45, 2.75) is 6.61 Å². The lowest BCUT2D eigenvalue weighted by atomic mass is 10.1. The molecule has 0 unspecified atom stereocenters. The van der Waals surface area contributed by atoms with Gasteiger partial charge in [-0.2, -0.15) is 0 Å². The van der Waals surface area contributed by atoms with Crippen molar-refractivity contribution in [3.63, 3.8) is 0 Å². The predicted octanol–water partition coefficient (Wildman–Crippen LogP) is 1.89. The molecule has 0 fully saturated rings. The molecular formula is C16H18N2O3. The first-order chi connectivity index (χ1) is 10.3. The molecule has 0 aliphatic rings. The van der Waals surface area contributed by atoms with Gasteiger partial charge in [-0.15, -0.1) is 0 Å². The summed E-state index contributed by atoms with van der Waals surface area (Å²) in [6, 6.07) is 16.7. The number of hydrogen-bond donors (Lipinski definition) is 2. The predicted molar refractivity (Wildman–Crippen MR) is 79.7 cm³/mol. The standard InChI is InChI=1S/C16H18N2O3/c17-18-16(19)15-9-5-4-6-13(15)12-20-10-11-21-14-7-2-1-3-8-14/h1-9H,10-12,17H2,(H,18,19). The van der Waals surface area contributed by atoms with Crippen molar-refractivity contribution in [2.24, 2.45) is 5.84 Å². The topological polar surface area (TPSA) is 73.6 Å². The van der Waals surface area contributed by atoms with Gasteiger partial charge in [0.1, 0.15) is 12.4 Å². The van der Waals surface area contributed by atoms with Crippen molar-refractivity contribution in [1.82, 2.24) is 5.43 Å². The highest BCUT2D eigenvalue weighted by molar-refractivity contribution is 5.95. The maximum absolute atomic E-state index is 11.6. The maximum atomic E-state index is 11.6.